The number of carbonyl (C=O) groups is 1. The van der Waals surface area contributed by atoms with Crippen LogP contribution in [0.4, 0.5) is 23.7 Å². The van der Waals surface area contributed by atoms with Crippen LogP contribution >= 0.6 is 11.5 Å². The number of alkyl halides is 2. The minimum Gasteiger partial charge on any atom is -0.495 e. The van der Waals surface area contributed by atoms with Gasteiger partial charge in [0.05, 0.1) is 18.2 Å². The second-order valence-corrected chi connectivity index (χ2v) is 8.43. The van der Waals surface area contributed by atoms with E-state index in [1.165, 1.54) is 49.2 Å². The fourth-order valence-electron chi connectivity index (χ4n) is 3.94. The molecule has 3 aromatic rings. The van der Waals surface area contributed by atoms with Crippen LogP contribution in [-0.4, -0.2) is 40.5 Å². The molecule has 32 heavy (non-hydrogen) atoms. The first-order chi connectivity index (χ1) is 15.3. The molecule has 1 aromatic heterocycles. The highest BCUT2D eigenvalue weighted by atomic mass is 32.1. The van der Waals surface area contributed by atoms with Crippen LogP contribution in [0.15, 0.2) is 42.7 Å². The predicted octanol–water partition coefficient (Wildman–Crippen LogP) is 5.16. The molecule has 2 amide bonds. The quantitative estimate of drug-likeness (QED) is 0.569. The van der Waals surface area contributed by atoms with Crippen LogP contribution in [0.5, 0.6) is 5.75 Å². The van der Waals surface area contributed by atoms with Crippen molar-refractivity contribution in [2.75, 3.05) is 25.5 Å². The Hall–Kier alpha value is -3.14. The van der Waals surface area contributed by atoms with Gasteiger partial charge >= 0.3 is 6.03 Å². The normalized spacial score (nSPS) is 18.2. The number of benzene rings is 2. The Morgan fingerprint density at radius 2 is 2.09 bits per heavy atom. The van der Waals surface area contributed by atoms with Gasteiger partial charge in [0.2, 0.25) is 0 Å². The van der Waals surface area contributed by atoms with E-state index in [0.29, 0.717) is 29.1 Å². The number of anilines is 1. The van der Waals surface area contributed by atoms with Crippen molar-refractivity contribution in [3.63, 3.8) is 0 Å². The zero-order valence-corrected chi connectivity index (χ0v) is 18.3. The smallest absolute Gasteiger partial charge is 0.321 e. The highest BCUT2D eigenvalue weighted by Gasteiger charge is 2.45. The number of ether oxygens (including phenoxy) is 1. The van der Waals surface area contributed by atoms with Crippen LogP contribution in [0.2, 0.25) is 0 Å². The number of likely N-dealkylation sites (tertiary alicyclic amines) is 1. The van der Waals surface area contributed by atoms with Crippen LogP contribution in [0, 0.1) is 12.7 Å². The molecule has 6 nitrogen and oxygen atoms in total. The van der Waals surface area contributed by atoms with Crippen LogP contribution in [0.25, 0.3) is 0 Å². The van der Waals surface area contributed by atoms with Crippen molar-refractivity contribution in [2.24, 2.45) is 0 Å². The maximum atomic E-state index is 14.4. The molecule has 1 atom stereocenters. The lowest BCUT2D eigenvalue weighted by Gasteiger charge is -2.28. The molecule has 1 fully saturated rings. The van der Waals surface area contributed by atoms with Crippen LogP contribution in [0.3, 0.4) is 0 Å². The van der Waals surface area contributed by atoms with Gasteiger partial charge in [-0.2, -0.15) is 4.37 Å². The average molecular weight is 462 g/mol. The molecule has 1 unspecified atom stereocenters. The van der Waals surface area contributed by atoms with Crippen molar-refractivity contribution >= 4 is 23.3 Å². The zero-order valence-electron chi connectivity index (χ0n) is 17.4. The number of nitrogens with zero attached hydrogens (tertiary/aromatic N) is 3. The number of nitrogens with one attached hydrogen (secondary N) is 1. The zero-order chi connectivity index (χ0) is 22.9. The Bertz CT molecular complexity index is 1130. The summed E-state index contributed by atoms with van der Waals surface area (Å²) in [5, 5.41) is 3.36. The summed E-state index contributed by atoms with van der Waals surface area (Å²) in [6, 6.07) is 8.41. The van der Waals surface area contributed by atoms with Gasteiger partial charge in [0.1, 0.15) is 22.9 Å². The summed E-state index contributed by atoms with van der Waals surface area (Å²) in [6.07, 6.45) is -0.716. The van der Waals surface area contributed by atoms with E-state index in [0.717, 1.165) is 0 Å². The fraction of sp³-hybridized carbons (Fsp3) is 0.318. The molecule has 0 saturated carbocycles. The van der Waals surface area contributed by atoms with Gasteiger partial charge < -0.3 is 15.0 Å². The third-order valence-electron chi connectivity index (χ3n) is 5.77. The molecule has 2 aromatic carbocycles. The van der Waals surface area contributed by atoms with Crippen molar-refractivity contribution in [2.45, 2.75) is 25.2 Å². The summed E-state index contributed by atoms with van der Waals surface area (Å²) < 4.78 is 49.9. The van der Waals surface area contributed by atoms with Gasteiger partial charge in [-0.25, -0.2) is 22.9 Å². The topological polar surface area (TPSA) is 67.3 Å². The molecule has 0 radical (unpaired) electrons. The molecule has 4 rings (SSSR count). The van der Waals surface area contributed by atoms with E-state index in [1.807, 2.05) is 6.07 Å². The fourth-order valence-corrected chi connectivity index (χ4v) is 4.69. The minimum atomic E-state index is -2.68. The first kappa shape index (κ1) is 22.1. The molecule has 0 spiro atoms. The van der Waals surface area contributed by atoms with Gasteiger partial charge in [0.25, 0.3) is 6.43 Å². The number of urea groups is 1. The third-order valence-corrected chi connectivity index (χ3v) is 6.64. The number of amides is 2. The molecule has 1 N–H and O–H groups in total. The number of hydrogen-bond acceptors (Lipinski definition) is 5. The van der Waals surface area contributed by atoms with Gasteiger partial charge in [-0.1, -0.05) is 12.1 Å². The number of aryl methyl sites for hydroxylation is 1. The second kappa shape index (κ2) is 8.78. The Kier molecular flexibility index (Phi) is 6.05. The van der Waals surface area contributed by atoms with Crippen LogP contribution < -0.4 is 10.1 Å². The monoisotopic (exact) mass is 462 g/mol. The second-order valence-electron chi connectivity index (χ2n) is 7.65. The van der Waals surface area contributed by atoms with E-state index in [9.17, 15) is 18.0 Å². The van der Waals surface area contributed by atoms with E-state index in [4.69, 9.17) is 4.74 Å². The first-order valence-electron chi connectivity index (χ1n) is 9.90. The third kappa shape index (κ3) is 4.02. The largest absolute Gasteiger partial charge is 0.495 e. The van der Waals surface area contributed by atoms with Crippen molar-refractivity contribution in [1.82, 2.24) is 14.3 Å². The maximum absolute atomic E-state index is 14.4. The van der Waals surface area contributed by atoms with Gasteiger partial charge in [0, 0.05) is 18.7 Å². The summed E-state index contributed by atoms with van der Waals surface area (Å²) in [5.41, 5.74) is 0.470. The molecular weight excluding hydrogens is 441 g/mol. The molecule has 0 bridgehead atoms. The number of hydrogen-bond donors (Lipinski definition) is 1. The first-order valence-corrected chi connectivity index (χ1v) is 10.7. The van der Waals surface area contributed by atoms with Crippen molar-refractivity contribution in [3.05, 3.63) is 70.2 Å². The average Bonchev–Trinajstić information content (AvgIpc) is 3.46. The molecule has 1 saturated heterocycles. The number of aromatic nitrogens is 2. The van der Waals surface area contributed by atoms with Crippen molar-refractivity contribution in [3.8, 4) is 5.75 Å². The maximum Gasteiger partial charge on any atom is 0.321 e. The molecule has 10 heteroatoms. The molecule has 2 heterocycles. The van der Waals surface area contributed by atoms with Crippen LogP contribution in [0.1, 0.15) is 34.5 Å². The summed E-state index contributed by atoms with van der Waals surface area (Å²) in [4.78, 5) is 19.0. The predicted molar refractivity (Wildman–Crippen MR) is 115 cm³/mol. The number of halogens is 3. The molecule has 0 aliphatic carbocycles. The molecule has 1 aliphatic rings. The lowest BCUT2D eigenvalue weighted by atomic mass is 9.80. The summed E-state index contributed by atoms with van der Waals surface area (Å²) in [6.45, 7) is 2.30. The number of rotatable bonds is 5. The van der Waals surface area contributed by atoms with Gasteiger partial charge in [-0.15, -0.1) is 0 Å². The summed E-state index contributed by atoms with van der Waals surface area (Å²) >= 11 is 1.21. The standard InChI is InChI=1S/C22H21F3N4O2S/c1-13-3-5-15(10-16(13)23)22(20-26-12-27-32-20)7-8-29(11-22)21(30)28-17-9-14(19(24)25)4-6-18(17)31-2/h3-6,9-10,12,19H,7-8,11H2,1-2H3,(H,28,30). The SMILES string of the molecule is COc1ccc(C(F)F)cc1NC(=O)N1CCC(c2ccc(C)c(F)c2)(c2ncns2)C1. The molecule has 168 valence electrons. The summed E-state index contributed by atoms with van der Waals surface area (Å²) in [7, 11) is 1.40. The Labute approximate surface area is 187 Å². The van der Waals surface area contributed by atoms with E-state index >= 15 is 0 Å². The lowest BCUT2D eigenvalue weighted by molar-refractivity contribution is 0.151. The van der Waals surface area contributed by atoms with Crippen molar-refractivity contribution in [1.29, 1.82) is 0 Å². The highest BCUT2D eigenvalue weighted by molar-refractivity contribution is 7.05. The lowest BCUT2D eigenvalue weighted by Crippen LogP contribution is -2.37. The Morgan fingerprint density at radius 1 is 1.28 bits per heavy atom. The molecule has 1 aliphatic heterocycles. The Morgan fingerprint density at radius 3 is 2.75 bits per heavy atom. The van der Waals surface area contributed by atoms with Gasteiger partial charge in [-0.05, 0) is 60.3 Å². The van der Waals surface area contributed by atoms with E-state index in [-0.39, 0.29) is 29.4 Å². The highest BCUT2D eigenvalue weighted by Crippen LogP contribution is 2.42. The van der Waals surface area contributed by atoms with Gasteiger partial charge in [0.15, 0.2) is 0 Å². The van der Waals surface area contributed by atoms with E-state index in [1.54, 1.807) is 17.9 Å². The molecular formula is C22H21F3N4O2S. The van der Waals surface area contributed by atoms with E-state index in [2.05, 4.69) is 14.7 Å². The number of carbonyl (C=O) groups excluding carboxylic acids is 1. The van der Waals surface area contributed by atoms with Gasteiger partial charge in [-0.3, -0.25) is 0 Å². The van der Waals surface area contributed by atoms with E-state index < -0.39 is 17.9 Å². The Balaban J connectivity index is 1.62. The summed E-state index contributed by atoms with van der Waals surface area (Å²) in [5.74, 6) is -0.0548. The van der Waals surface area contributed by atoms with Crippen molar-refractivity contribution < 1.29 is 22.7 Å². The number of methoxy groups -OCH3 is 1. The van der Waals surface area contributed by atoms with Crippen LogP contribution in [-0.2, 0) is 5.41 Å². The minimum absolute atomic E-state index is 0.157.